The van der Waals surface area contributed by atoms with Gasteiger partial charge in [0.2, 0.25) is 0 Å². The Kier molecular flexibility index (Phi) is 5.35. The van der Waals surface area contributed by atoms with Gasteiger partial charge in [-0.1, -0.05) is 0 Å². The average molecular weight is 293 g/mol. The lowest BCUT2D eigenvalue weighted by Gasteiger charge is -2.32. The quantitative estimate of drug-likeness (QED) is 0.790. The summed E-state index contributed by atoms with van der Waals surface area (Å²) >= 11 is 12.3. The average Bonchev–Trinajstić information content (AvgIpc) is 2.35. The van der Waals surface area contributed by atoms with Crippen LogP contribution >= 0.6 is 23.2 Å². The number of ketones is 1. The van der Waals surface area contributed by atoms with Gasteiger partial charge in [0.05, 0.1) is 18.0 Å². The summed E-state index contributed by atoms with van der Waals surface area (Å²) in [7, 11) is 0. The number of carbonyl (C=O) groups is 1. The maximum atomic E-state index is 12.3. The topological polar surface area (TPSA) is 21.5 Å². The highest BCUT2D eigenvalue weighted by atomic mass is 35.5. The van der Waals surface area contributed by atoms with Crippen LogP contribution < -0.4 is 4.90 Å². The maximum absolute atomic E-state index is 12.3. The van der Waals surface area contributed by atoms with Crippen LogP contribution in [0.1, 0.15) is 45.4 Å². The van der Waals surface area contributed by atoms with Crippen molar-refractivity contribution in [1.29, 1.82) is 0 Å². The molecule has 0 aromatic rings. The van der Waals surface area contributed by atoms with Gasteiger partial charge in [-0.05, 0) is 45.4 Å². The van der Waals surface area contributed by atoms with Gasteiger partial charge in [0.25, 0.3) is 0 Å². The van der Waals surface area contributed by atoms with Gasteiger partial charge in [-0.15, -0.1) is 23.2 Å². The summed E-state index contributed by atoms with van der Waals surface area (Å²) < 4.78 is 0. The van der Waals surface area contributed by atoms with Crippen LogP contribution in [0.4, 0.5) is 0 Å². The Bertz CT molecular complexity index is 298. The molecule has 5 unspecified atom stereocenters. The minimum Gasteiger partial charge on any atom is -0.327 e. The monoisotopic (exact) mass is 292 g/mol. The molecule has 0 radical (unpaired) electrons. The number of carbonyl (C=O) groups excluding carboxylic acids is 1. The molecule has 0 aromatic heterocycles. The van der Waals surface area contributed by atoms with E-state index in [9.17, 15) is 4.79 Å². The van der Waals surface area contributed by atoms with E-state index >= 15 is 0 Å². The molecule has 2 aliphatic rings. The number of hydrogen-bond donors (Lipinski definition) is 1. The minimum absolute atomic E-state index is 0.0249. The van der Waals surface area contributed by atoms with Crippen LogP contribution in [0, 0.1) is 5.92 Å². The molecule has 1 saturated carbocycles. The molecule has 2 nitrogen and oxygen atoms in total. The van der Waals surface area contributed by atoms with Crippen LogP contribution in [-0.4, -0.2) is 35.7 Å². The number of alkyl halides is 2. The van der Waals surface area contributed by atoms with Crippen molar-refractivity contribution in [1.82, 2.24) is 0 Å². The van der Waals surface area contributed by atoms with Crippen molar-refractivity contribution in [2.24, 2.45) is 5.92 Å². The summed E-state index contributed by atoms with van der Waals surface area (Å²) in [6.07, 6.45) is 6.43. The number of hydrogen-bond acceptors (Lipinski definition) is 1. The molecule has 0 aromatic carbocycles. The van der Waals surface area contributed by atoms with Gasteiger partial charge in [0.15, 0.2) is 5.78 Å². The van der Waals surface area contributed by atoms with Crippen LogP contribution in [0.15, 0.2) is 0 Å². The van der Waals surface area contributed by atoms with Gasteiger partial charge in [-0.2, -0.15) is 0 Å². The molecule has 2 rings (SSSR count). The molecule has 2 fully saturated rings. The highest BCUT2D eigenvalue weighted by Crippen LogP contribution is 2.31. The van der Waals surface area contributed by atoms with Crippen molar-refractivity contribution in [2.75, 3.05) is 13.1 Å². The summed E-state index contributed by atoms with van der Waals surface area (Å²) in [5.41, 5.74) is 0. The number of halogens is 2. The SMILES string of the molecule is CC1CCCC[NH+]1CC(=O)C1CCC(Cl)C(Cl)C1. The van der Waals surface area contributed by atoms with Gasteiger partial charge in [0.1, 0.15) is 6.54 Å². The first kappa shape index (κ1) is 14.6. The highest BCUT2D eigenvalue weighted by molar-refractivity contribution is 6.30. The molecule has 4 heteroatoms. The van der Waals surface area contributed by atoms with Crippen LogP contribution in [0.3, 0.4) is 0 Å². The second-order valence-electron chi connectivity index (χ2n) is 5.99. The van der Waals surface area contributed by atoms with E-state index in [4.69, 9.17) is 23.2 Å². The van der Waals surface area contributed by atoms with Crippen molar-refractivity contribution in [2.45, 2.75) is 62.2 Å². The lowest BCUT2D eigenvalue weighted by molar-refractivity contribution is -0.921. The molecule has 1 heterocycles. The lowest BCUT2D eigenvalue weighted by Crippen LogP contribution is -3.17. The fourth-order valence-corrected chi connectivity index (χ4v) is 3.82. The van der Waals surface area contributed by atoms with Gasteiger partial charge in [-0.25, -0.2) is 0 Å². The van der Waals surface area contributed by atoms with Crippen LogP contribution in [0.5, 0.6) is 0 Å². The van der Waals surface area contributed by atoms with E-state index in [-0.39, 0.29) is 16.7 Å². The first-order valence-electron chi connectivity index (χ1n) is 7.23. The Balaban J connectivity index is 1.84. The third kappa shape index (κ3) is 3.61. The Morgan fingerprint density at radius 1 is 1.17 bits per heavy atom. The van der Waals surface area contributed by atoms with Gasteiger partial charge in [-0.3, -0.25) is 4.79 Å². The van der Waals surface area contributed by atoms with E-state index < -0.39 is 0 Å². The van der Waals surface area contributed by atoms with Crippen molar-refractivity contribution < 1.29 is 9.69 Å². The smallest absolute Gasteiger partial charge is 0.189 e. The number of rotatable bonds is 3. The molecule has 18 heavy (non-hydrogen) atoms. The third-order valence-electron chi connectivity index (χ3n) is 4.63. The Labute approximate surface area is 120 Å². The lowest BCUT2D eigenvalue weighted by atomic mass is 9.85. The third-order valence-corrected chi connectivity index (χ3v) is 5.77. The fourth-order valence-electron chi connectivity index (χ4n) is 3.25. The molecular weight excluding hydrogens is 269 g/mol. The molecule has 1 N–H and O–H groups in total. The molecule has 0 bridgehead atoms. The zero-order valence-electron chi connectivity index (χ0n) is 11.1. The second-order valence-corrected chi connectivity index (χ2v) is 7.11. The largest absolute Gasteiger partial charge is 0.327 e. The van der Waals surface area contributed by atoms with Crippen LogP contribution in [0.2, 0.25) is 0 Å². The van der Waals surface area contributed by atoms with Crippen LogP contribution in [0.25, 0.3) is 0 Å². The van der Waals surface area contributed by atoms with E-state index in [1.165, 1.54) is 24.2 Å². The molecule has 0 spiro atoms. The van der Waals surface area contributed by atoms with Crippen molar-refractivity contribution in [3.63, 3.8) is 0 Å². The Morgan fingerprint density at radius 2 is 1.94 bits per heavy atom. The summed E-state index contributed by atoms with van der Waals surface area (Å²) in [5.74, 6) is 0.567. The number of likely N-dealkylation sites (tertiary alicyclic amines) is 1. The summed E-state index contributed by atoms with van der Waals surface area (Å²) in [5, 5.41) is 0.0279. The van der Waals surface area contributed by atoms with Gasteiger partial charge >= 0.3 is 0 Å². The van der Waals surface area contributed by atoms with Crippen molar-refractivity contribution in [3.8, 4) is 0 Å². The summed E-state index contributed by atoms with van der Waals surface area (Å²) in [4.78, 5) is 13.8. The predicted molar refractivity (Wildman–Crippen MR) is 75.6 cm³/mol. The number of nitrogens with one attached hydrogen (secondary N) is 1. The van der Waals surface area contributed by atoms with Crippen molar-refractivity contribution in [3.05, 3.63) is 0 Å². The van der Waals surface area contributed by atoms with Crippen molar-refractivity contribution >= 4 is 29.0 Å². The first-order chi connectivity index (χ1) is 8.58. The summed E-state index contributed by atoms with van der Waals surface area (Å²) in [6, 6.07) is 0.638. The molecule has 1 aliphatic heterocycles. The highest BCUT2D eigenvalue weighted by Gasteiger charge is 2.34. The maximum Gasteiger partial charge on any atom is 0.189 e. The Morgan fingerprint density at radius 3 is 2.61 bits per heavy atom. The van der Waals surface area contributed by atoms with Crippen LogP contribution in [-0.2, 0) is 4.79 Å². The molecule has 5 atom stereocenters. The summed E-state index contributed by atoms with van der Waals surface area (Å²) in [6.45, 7) is 4.12. The normalized spacial score (nSPS) is 41.6. The zero-order valence-corrected chi connectivity index (χ0v) is 12.6. The minimum atomic E-state index is -0.0249. The second kappa shape index (κ2) is 6.58. The Hall–Kier alpha value is 0.210. The van der Waals surface area contributed by atoms with Gasteiger partial charge < -0.3 is 4.90 Å². The molecule has 0 amide bonds. The van der Waals surface area contributed by atoms with E-state index in [1.807, 2.05) is 0 Å². The zero-order chi connectivity index (χ0) is 13.1. The predicted octanol–water partition coefficient (Wildman–Crippen LogP) is 2.03. The molecule has 1 aliphatic carbocycles. The van der Waals surface area contributed by atoms with E-state index in [1.54, 1.807) is 0 Å². The number of piperidine rings is 1. The van der Waals surface area contributed by atoms with E-state index in [0.717, 1.165) is 25.8 Å². The van der Waals surface area contributed by atoms with E-state index in [2.05, 4.69) is 6.92 Å². The first-order valence-corrected chi connectivity index (χ1v) is 8.10. The fraction of sp³-hybridized carbons (Fsp3) is 0.929. The molecule has 1 saturated heterocycles. The van der Waals surface area contributed by atoms with E-state index in [0.29, 0.717) is 18.4 Å². The van der Waals surface area contributed by atoms with Gasteiger partial charge in [0, 0.05) is 11.3 Å². The molecular formula is C14H24Cl2NO+. The molecule has 104 valence electrons. The standard InChI is InChI=1S/C14H23Cl2NO/c1-10-4-2-3-7-17(10)9-14(18)11-5-6-12(15)13(16)8-11/h10-13H,2-9H2,1H3/p+1. The number of Topliss-reactive ketones (excluding diaryl/α,β-unsaturated/α-hetero) is 1. The number of quaternary nitrogens is 1.